The Bertz CT molecular complexity index is 677. The zero-order valence-electron chi connectivity index (χ0n) is 17.3. The molecule has 0 aliphatic carbocycles. The summed E-state index contributed by atoms with van der Waals surface area (Å²) >= 11 is 0. The van der Waals surface area contributed by atoms with Gasteiger partial charge in [0.2, 0.25) is 0 Å². The van der Waals surface area contributed by atoms with E-state index in [2.05, 4.69) is 24.3 Å². The van der Waals surface area contributed by atoms with E-state index in [0.29, 0.717) is 0 Å². The molecule has 0 aromatic heterocycles. The fourth-order valence-corrected chi connectivity index (χ4v) is 3.28. The Kier molecular flexibility index (Phi) is 10.6. The lowest BCUT2D eigenvalue weighted by atomic mass is 10.00. The molecule has 0 unspecified atom stereocenters. The molecule has 28 heavy (non-hydrogen) atoms. The molecular formula is C25H35NO2. The number of carbonyl (C=O) groups is 1. The van der Waals surface area contributed by atoms with Crippen molar-refractivity contribution in [3.8, 4) is 11.1 Å². The average Bonchev–Trinajstić information content (AvgIpc) is 2.72. The van der Waals surface area contributed by atoms with Gasteiger partial charge in [0, 0.05) is 18.8 Å². The van der Waals surface area contributed by atoms with Gasteiger partial charge in [0.25, 0.3) is 0 Å². The van der Waals surface area contributed by atoms with E-state index in [1.165, 1.54) is 36.8 Å². The second kappa shape index (κ2) is 13.2. The van der Waals surface area contributed by atoms with E-state index in [1.54, 1.807) is 6.92 Å². The van der Waals surface area contributed by atoms with Gasteiger partial charge in [-0.05, 0) is 68.7 Å². The van der Waals surface area contributed by atoms with Crippen molar-refractivity contribution < 1.29 is 9.53 Å². The van der Waals surface area contributed by atoms with Crippen molar-refractivity contribution in [3.05, 3.63) is 59.7 Å². The number of nitrogens with two attached hydrogens (primary N) is 1. The average molecular weight is 382 g/mol. The van der Waals surface area contributed by atoms with Gasteiger partial charge in [-0.15, -0.1) is 0 Å². The largest absolute Gasteiger partial charge is 0.381 e. The van der Waals surface area contributed by atoms with E-state index in [1.807, 2.05) is 24.3 Å². The van der Waals surface area contributed by atoms with Crippen LogP contribution in [0.25, 0.3) is 11.1 Å². The molecular weight excluding hydrogens is 346 g/mol. The first-order valence-electron chi connectivity index (χ1n) is 10.7. The summed E-state index contributed by atoms with van der Waals surface area (Å²) in [6.07, 6.45) is 9.43. The molecule has 3 nitrogen and oxygen atoms in total. The second-order valence-electron chi connectivity index (χ2n) is 7.46. The molecule has 0 fully saturated rings. The van der Waals surface area contributed by atoms with Crippen LogP contribution >= 0.6 is 0 Å². The molecule has 0 radical (unpaired) electrons. The molecule has 0 aliphatic rings. The third kappa shape index (κ3) is 8.37. The number of aryl methyl sites for hydroxylation is 1. The molecule has 152 valence electrons. The van der Waals surface area contributed by atoms with Gasteiger partial charge in [-0.1, -0.05) is 61.4 Å². The third-order valence-electron chi connectivity index (χ3n) is 5.08. The van der Waals surface area contributed by atoms with E-state index in [0.717, 1.165) is 56.6 Å². The zero-order chi connectivity index (χ0) is 20.0. The van der Waals surface area contributed by atoms with Crippen molar-refractivity contribution in [2.24, 2.45) is 5.73 Å². The molecule has 0 spiro atoms. The first-order chi connectivity index (χ1) is 13.7. The van der Waals surface area contributed by atoms with E-state index in [-0.39, 0.29) is 5.78 Å². The molecule has 0 aliphatic heterocycles. The molecule has 2 rings (SSSR count). The van der Waals surface area contributed by atoms with Crippen LogP contribution in [0.3, 0.4) is 0 Å². The Hall–Kier alpha value is -1.97. The van der Waals surface area contributed by atoms with Gasteiger partial charge in [0.05, 0.1) is 0 Å². The number of carbonyl (C=O) groups excluding carboxylic acids is 1. The molecule has 2 N–H and O–H groups in total. The van der Waals surface area contributed by atoms with Gasteiger partial charge in [-0.3, -0.25) is 4.79 Å². The Morgan fingerprint density at radius 1 is 0.750 bits per heavy atom. The predicted molar refractivity (Wildman–Crippen MR) is 118 cm³/mol. The lowest BCUT2D eigenvalue weighted by molar-refractivity contribution is 0.101. The molecule has 0 saturated heterocycles. The number of hydrogen-bond donors (Lipinski definition) is 1. The summed E-state index contributed by atoms with van der Waals surface area (Å²) in [5, 5.41) is 0. The van der Waals surface area contributed by atoms with Crippen molar-refractivity contribution in [3.63, 3.8) is 0 Å². The van der Waals surface area contributed by atoms with Crippen LogP contribution in [0, 0.1) is 0 Å². The van der Waals surface area contributed by atoms with Gasteiger partial charge in [-0.25, -0.2) is 0 Å². The summed E-state index contributed by atoms with van der Waals surface area (Å²) in [7, 11) is 0. The summed E-state index contributed by atoms with van der Waals surface area (Å²) in [6.45, 7) is 4.15. The van der Waals surface area contributed by atoms with Gasteiger partial charge in [-0.2, -0.15) is 0 Å². The molecule has 0 amide bonds. The smallest absolute Gasteiger partial charge is 0.159 e. The number of unbranched alkanes of at least 4 members (excludes halogenated alkanes) is 5. The maximum atomic E-state index is 11.4. The van der Waals surface area contributed by atoms with E-state index in [9.17, 15) is 4.79 Å². The lowest BCUT2D eigenvalue weighted by Crippen LogP contribution is -2.01. The number of Topliss-reactive ketones (excluding diaryl/α,β-unsaturated/α-hetero) is 1. The van der Waals surface area contributed by atoms with Crippen LogP contribution in [0.2, 0.25) is 0 Å². The minimum absolute atomic E-state index is 0.107. The quantitative estimate of drug-likeness (QED) is 0.332. The van der Waals surface area contributed by atoms with Gasteiger partial charge >= 0.3 is 0 Å². The highest BCUT2D eigenvalue weighted by Gasteiger charge is 2.02. The van der Waals surface area contributed by atoms with E-state index < -0.39 is 0 Å². The fourth-order valence-electron chi connectivity index (χ4n) is 3.28. The first kappa shape index (κ1) is 22.3. The maximum Gasteiger partial charge on any atom is 0.159 e. The molecule has 0 bridgehead atoms. The Labute approximate surface area is 170 Å². The summed E-state index contributed by atoms with van der Waals surface area (Å²) in [5.74, 6) is 0.107. The van der Waals surface area contributed by atoms with E-state index in [4.69, 9.17) is 10.5 Å². The normalized spacial score (nSPS) is 10.9. The summed E-state index contributed by atoms with van der Waals surface area (Å²) in [6, 6.07) is 16.6. The molecule has 0 saturated carbocycles. The van der Waals surface area contributed by atoms with Gasteiger partial charge < -0.3 is 10.5 Å². The van der Waals surface area contributed by atoms with Crippen molar-refractivity contribution >= 4 is 5.78 Å². The van der Waals surface area contributed by atoms with Crippen LogP contribution in [-0.4, -0.2) is 25.5 Å². The van der Waals surface area contributed by atoms with Crippen molar-refractivity contribution in [2.75, 3.05) is 19.8 Å². The van der Waals surface area contributed by atoms with Crippen molar-refractivity contribution in [2.45, 2.75) is 58.3 Å². The molecule has 0 heterocycles. The number of hydrogen-bond acceptors (Lipinski definition) is 3. The Morgan fingerprint density at radius 2 is 1.29 bits per heavy atom. The Balaban J connectivity index is 1.59. The van der Waals surface area contributed by atoms with Crippen LogP contribution in [0.1, 0.15) is 67.8 Å². The highest BCUT2D eigenvalue weighted by atomic mass is 16.5. The summed E-state index contributed by atoms with van der Waals surface area (Å²) < 4.78 is 5.66. The van der Waals surface area contributed by atoms with Crippen LogP contribution in [0.15, 0.2) is 48.5 Å². The predicted octanol–water partition coefficient (Wildman–Crippen LogP) is 5.80. The van der Waals surface area contributed by atoms with Crippen LogP contribution in [-0.2, 0) is 11.2 Å². The van der Waals surface area contributed by atoms with Crippen LogP contribution < -0.4 is 5.73 Å². The number of ketones is 1. The number of rotatable bonds is 14. The minimum Gasteiger partial charge on any atom is -0.381 e. The Morgan fingerprint density at radius 3 is 1.86 bits per heavy atom. The monoisotopic (exact) mass is 381 g/mol. The topological polar surface area (TPSA) is 52.3 Å². The molecule has 2 aromatic carbocycles. The van der Waals surface area contributed by atoms with E-state index >= 15 is 0 Å². The lowest BCUT2D eigenvalue weighted by Gasteiger charge is -2.06. The highest BCUT2D eigenvalue weighted by molar-refractivity contribution is 5.94. The molecule has 0 atom stereocenters. The minimum atomic E-state index is 0.107. The number of ether oxygens (including phenoxy) is 1. The fraction of sp³-hybridized carbons (Fsp3) is 0.480. The second-order valence-corrected chi connectivity index (χ2v) is 7.46. The van der Waals surface area contributed by atoms with Gasteiger partial charge in [0.15, 0.2) is 5.78 Å². The number of benzene rings is 2. The van der Waals surface area contributed by atoms with Crippen molar-refractivity contribution in [1.82, 2.24) is 0 Å². The van der Waals surface area contributed by atoms with Crippen molar-refractivity contribution in [1.29, 1.82) is 0 Å². The van der Waals surface area contributed by atoms with Crippen LogP contribution in [0.5, 0.6) is 0 Å². The third-order valence-corrected chi connectivity index (χ3v) is 5.08. The maximum absolute atomic E-state index is 11.4. The summed E-state index contributed by atoms with van der Waals surface area (Å²) in [5.41, 5.74) is 9.98. The van der Waals surface area contributed by atoms with Crippen LogP contribution in [0.4, 0.5) is 0 Å². The first-order valence-corrected chi connectivity index (χ1v) is 10.7. The SMILES string of the molecule is CC(=O)c1ccc(-c2ccc(CCCCCCOCCCCCN)cc2)cc1. The molecule has 3 heteroatoms. The highest BCUT2D eigenvalue weighted by Crippen LogP contribution is 2.21. The summed E-state index contributed by atoms with van der Waals surface area (Å²) in [4.78, 5) is 11.4. The zero-order valence-corrected chi connectivity index (χ0v) is 17.3. The standard InChI is InChI=1S/C25H35NO2/c1-21(27)23-14-16-25(17-15-23)24-12-10-22(11-13-24)9-5-2-3-7-19-28-20-8-4-6-18-26/h10-17H,2-9,18-20,26H2,1H3. The molecule has 2 aromatic rings. The van der Waals surface area contributed by atoms with Gasteiger partial charge in [0.1, 0.15) is 0 Å².